The van der Waals surface area contributed by atoms with Crippen molar-refractivity contribution in [1.82, 2.24) is 0 Å². The van der Waals surface area contributed by atoms with E-state index in [1.165, 1.54) is 17.7 Å². The van der Waals surface area contributed by atoms with Crippen LogP contribution in [0, 0.1) is 24.1 Å². The van der Waals surface area contributed by atoms with Crippen LogP contribution in [0.2, 0.25) is 0 Å². The summed E-state index contributed by atoms with van der Waals surface area (Å²) in [5.41, 5.74) is 3.68. The predicted molar refractivity (Wildman–Crippen MR) is 111 cm³/mol. The van der Waals surface area contributed by atoms with Crippen LogP contribution in [-0.4, -0.2) is 19.0 Å². The minimum Gasteiger partial charge on any atom is -0.369 e. The van der Waals surface area contributed by atoms with Gasteiger partial charge in [0.25, 0.3) is 5.91 Å². The highest BCUT2D eigenvalue weighted by atomic mass is 19.1. The Hall–Kier alpha value is -3.13. The molecular formula is C23H24FN3O. The lowest BCUT2D eigenvalue weighted by molar-refractivity contribution is -0.112. The summed E-state index contributed by atoms with van der Waals surface area (Å²) in [5, 5.41) is 12.1. The summed E-state index contributed by atoms with van der Waals surface area (Å²) in [5.74, 6) is -0.832. The van der Waals surface area contributed by atoms with Gasteiger partial charge in [0.2, 0.25) is 0 Å². The zero-order valence-electron chi connectivity index (χ0n) is 16.3. The molecule has 1 N–H and O–H groups in total. The SMILES string of the molecule is CCc1ccc(NC(=O)C(C#N)=Cc2cc(F)c(N3CCCC3)cc2C)cc1. The zero-order chi connectivity index (χ0) is 20.1. The van der Waals surface area contributed by atoms with Gasteiger partial charge in [-0.2, -0.15) is 5.26 Å². The molecule has 0 saturated carbocycles. The Bertz CT molecular complexity index is 936. The summed E-state index contributed by atoms with van der Waals surface area (Å²) in [7, 11) is 0. The van der Waals surface area contributed by atoms with Gasteiger partial charge in [0.05, 0.1) is 5.69 Å². The van der Waals surface area contributed by atoms with E-state index in [1.807, 2.05) is 42.2 Å². The molecule has 1 aliphatic rings. The first-order chi connectivity index (χ1) is 13.5. The van der Waals surface area contributed by atoms with E-state index in [0.29, 0.717) is 16.9 Å². The Labute approximate surface area is 165 Å². The van der Waals surface area contributed by atoms with Crippen molar-refractivity contribution in [3.63, 3.8) is 0 Å². The molecule has 1 saturated heterocycles. The topological polar surface area (TPSA) is 56.1 Å². The van der Waals surface area contributed by atoms with Crippen LogP contribution in [-0.2, 0) is 11.2 Å². The molecule has 0 unspecified atom stereocenters. The predicted octanol–water partition coefficient (Wildman–Crippen LogP) is 4.84. The molecule has 1 aliphatic heterocycles. The van der Waals surface area contributed by atoms with Crippen LogP contribution in [0.15, 0.2) is 42.0 Å². The molecule has 2 aromatic rings. The second kappa shape index (κ2) is 8.71. The van der Waals surface area contributed by atoms with Gasteiger partial charge in [-0.3, -0.25) is 4.79 Å². The Morgan fingerprint density at radius 2 is 1.93 bits per heavy atom. The average Bonchev–Trinajstić information content (AvgIpc) is 3.23. The second-order valence-electron chi connectivity index (χ2n) is 7.03. The van der Waals surface area contributed by atoms with Gasteiger partial charge < -0.3 is 10.2 Å². The fourth-order valence-corrected chi connectivity index (χ4v) is 3.36. The van der Waals surface area contributed by atoms with Gasteiger partial charge in [-0.25, -0.2) is 4.39 Å². The average molecular weight is 377 g/mol. The minimum absolute atomic E-state index is 0.0593. The zero-order valence-corrected chi connectivity index (χ0v) is 16.3. The maximum Gasteiger partial charge on any atom is 0.266 e. The summed E-state index contributed by atoms with van der Waals surface area (Å²) in [6.07, 6.45) is 4.49. The first-order valence-corrected chi connectivity index (χ1v) is 9.59. The van der Waals surface area contributed by atoms with E-state index in [9.17, 15) is 14.4 Å². The van der Waals surface area contributed by atoms with Crippen molar-refractivity contribution in [1.29, 1.82) is 5.26 Å². The number of aryl methyl sites for hydroxylation is 2. The lowest BCUT2D eigenvalue weighted by Gasteiger charge is -2.19. The first-order valence-electron chi connectivity index (χ1n) is 9.59. The van der Waals surface area contributed by atoms with Crippen molar-refractivity contribution in [2.75, 3.05) is 23.3 Å². The van der Waals surface area contributed by atoms with E-state index in [4.69, 9.17) is 0 Å². The number of rotatable bonds is 5. The number of carbonyl (C=O) groups is 1. The highest BCUT2D eigenvalue weighted by Gasteiger charge is 2.18. The quantitative estimate of drug-likeness (QED) is 0.599. The van der Waals surface area contributed by atoms with Gasteiger partial charge in [-0.05, 0) is 73.2 Å². The molecule has 0 radical (unpaired) electrons. The molecule has 0 bridgehead atoms. The monoisotopic (exact) mass is 377 g/mol. The van der Waals surface area contributed by atoms with Crippen molar-refractivity contribution < 1.29 is 9.18 Å². The third-order valence-corrected chi connectivity index (χ3v) is 5.07. The number of halogens is 1. The van der Waals surface area contributed by atoms with Crippen molar-refractivity contribution in [3.05, 3.63) is 64.5 Å². The van der Waals surface area contributed by atoms with E-state index >= 15 is 0 Å². The van der Waals surface area contributed by atoms with Gasteiger partial charge in [-0.15, -0.1) is 0 Å². The molecule has 0 atom stereocenters. The van der Waals surface area contributed by atoms with Crippen molar-refractivity contribution >= 4 is 23.4 Å². The van der Waals surface area contributed by atoms with Crippen LogP contribution in [0.4, 0.5) is 15.8 Å². The van der Waals surface area contributed by atoms with E-state index in [2.05, 4.69) is 12.2 Å². The lowest BCUT2D eigenvalue weighted by atomic mass is 10.0. The first kappa shape index (κ1) is 19.6. The molecule has 3 rings (SSSR count). The molecule has 5 heteroatoms. The number of amides is 1. The van der Waals surface area contributed by atoms with Gasteiger partial charge in [-0.1, -0.05) is 19.1 Å². The molecular weight excluding hydrogens is 353 g/mol. The van der Waals surface area contributed by atoms with E-state index < -0.39 is 5.91 Å². The number of nitrogens with zero attached hydrogens (tertiary/aromatic N) is 2. The number of carbonyl (C=O) groups excluding carboxylic acids is 1. The van der Waals surface area contributed by atoms with Crippen LogP contribution in [0.5, 0.6) is 0 Å². The van der Waals surface area contributed by atoms with Gasteiger partial charge in [0, 0.05) is 18.8 Å². The Morgan fingerprint density at radius 1 is 1.25 bits per heavy atom. The van der Waals surface area contributed by atoms with Crippen molar-refractivity contribution in [3.8, 4) is 6.07 Å². The molecule has 1 heterocycles. The number of anilines is 2. The fourth-order valence-electron chi connectivity index (χ4n) is 3.36. The summed E-state index contributed by atoms with van der Waals surface area (Å²) in [6.45, 7) is 5.63. The van der Waals surface area contributed by atoms with E-state index in [0.717, 1.165) is 37.9 Å². The number of benzene rings is 2. The van der Waals surface area contributed by atoms with Crippen LogP contribution in [0.25, 0.3) is 6.08 Å². The maximum atomic E-state index is 14.6. The number of nitrogens with one attached hydrogen (secondary N) is 1. The van der Waals surface area contributed by atoms with E-state index in [-0.39, 0.29) is 11.4 Å². The summed E-state index contributed by atoms with van der Waals surface area (Å²) in [4.78, 5) is 14.5. The molecule has 1 fully saturated rings. The maximum absolute atomic E-state index is 14.6. The standard InChI is InChI=1S/C23H24FN3O/c1-3-17-6-8-20(9-7-17)26-23(28)19(15-25)13-18-14-21(24)22(12-16(18)2)27-10-4-5-11-27/h6-9,12-14H,3-5,10-11H2,1-2H3,(H,26,28). The molecule has 0 aromatic heterocycles. The molecule has 4 nitrogen and oxygen atoms in total. The Balaban J connectivity index is 1.82. The Morgan fingerprint density at radius 3 is 2.54 bits per heavy atom. The van der Waals surface area contributed by atoms with Gasteiger partial charge in [0.15, 0.2) is 0 Å². The summed E-state index contributed by atoms with van der Waals surface area (Å²) >= 11 is 0. The number of nitriles is 1. The van der Waals surface area contributed by atoms with E-state index in [1.54, 1.807) is 6.07 Å². The smallest absolute Gasteiger partial charge is 0.266 e. The second-order valence-corrected chi connectivity index (χ2v) is 7.03. The molecule has 144 valence electrons. The molecule has 0 aliphatic carbocycles. The van der Waals surface area contributed by atoms with Gasteiger partial charge >= 0.3 is 0 Å². The normalized spacial score (nSPS) is 14.1. The molecule has 1 amide bonds. The molecule has 28 heavy (non-hydrogen) atoms. The third kappa shape index (κ3) is 4.40. The third-order valence-electron chi connectivity index (χ3n) is 5.07. The fraction of sp³-hybridized carbons (Fsp3) is 0.304. The van der Waals surface area contributed by atoms with Crippen LogP contribution in [0.1, 0.15) is 36.5 Å². The summed E-state index contributed by atoms with van der Waals surface area (Å²) < 4.78 is 14.6. The highest BCUT2D eigenvalue weighted by molar-refractivity contribution is 6.09. The number of hydrogen-bond acceptors (Lipinski definition) is 3. The molecule has 2 aromatic carbocycles. The summed E-state index contributed by atoms with van der Waals surface area (Å²) in [6, 6.07) is 12.6. The van der Waals surface area contributed by atoms with Crippen molar-refractivity contribution in [2.24, 2.45) is 0 Å². The molecule has 0 spiro atoms. The van der Waals surface area contributed by atoms with Crippen LogP contribution in [0.3, 0.4) is 0 Å². The minimum atomic E-state index is -0.504. The Kier molecular flexibility index (Phi) is 6.10. The van der Waals surface area contributed by atoms with Crippen LogP contribution < -0.4 is 10.2 Å². The number of hydrogen-bond donors (Lipinski definition) is 1. The van der Waals surface area contributed by atoms with Gasteiger partial charge in [0.1, 0.15) is 17.5 Å². The highest BCUT2D eigenvalue weighted by Crippen LogP contribution is 2.28. The van der Waals surface area contributed by atoms with Crippen molar-refractivity contribution in [2.45, 2.75) is 33.1 Å². The van der Waals surface area contributed by atoms with Crippen LogP contribution >= 0.6 is 0 Å². The lowest BCUT2D eigenvalue weighted by Crippen LogP contribution is -2.19. The largest absolute Gasteiger partial charge is 0.369 e.